The predicted octanol–water partition coefficient (Wildman–Crippen LogP) is 4.96. The van der Waals surface area contributed by atoms with Crippen LogP contribution in [0.15, 0.2) is 59.4 Å². The third-order valence-corrected chi connectivity index (χ3v) is 7.39. The molecule has 0 amide bonds. The van der Waals surface area contributed by atoms with Gasteiger partial charge in [0.05, 0.1) is 11.9 Å². The molecule has 0 spiro atoms. The van der Waals surface area contributed by atoms with Gasteiger partial charge >= 0.3 is 5.69 Å². The zero-order chi connectivity index (χ0) is 20.2. The molecule has 1 aliphatic rings. The van der Waals surface area contributed by atoms with Gasteiger partial charge in [0.1, 0.15) is 4.83 Å². The number of aryl methyl sites for hydroxylation is 2. The van der Waals surface area contributed by atoms with Crippen LogP contribution in [0.5, 0.6) is 0 Å². The van der Waals surface area contributed by atoms with Crippen LogP contribution in [0.3, 0.4) is 0 Å². The van der Waals surface area contributed by atoms with E-state index in [1.54, 1.807) is 15.9 Å². The topological polar surface area (TPSA) is 52.2 Å². The maximum absolute atomic E-state index is 13.5. The SMILES string of the molecule is O=c1n(Cc2ccccc2Cl)c2sc3c(c2c2nc(-c4ccccc4)nn12)CCC3. The van der Waals surface area contributed by atoms with Gasteiger partial charge < -0.3 is 0 Å². The quantitative estimate of drug-likeness (QED) is 0.404. The first-order valence-electron chi connectivity index (χ1n) is 9.93. The molecule has 7 heteroatoms. The summed E-state index contributed by atoms with van der Waals surface area (Å²) in [7, 11) is 0. The molecule has 0 fully saturated rings. The van der Waals surface area contributed by atoms with Crippen molar-refractivity contribution in [1.82, 2.24) is 19.2 Å². The fourth-order valence-corrected chi connectivity index (χ4v) is 5.84. The lowest BCUT2D eigenvalue weighted by atomic mass is 10.2. The third-order valence-electron chi connectivity index (χ3n) is 5.71. The van der Waals surface area contributed by atoms with Gasteiger partial charge in [0.25, 0.3) is 0 Å². The van der Waals surface area contributed by atoms with E-state index in [0.717, 1.165) is 40.6 Å². The Hall–Kier alpha value is -2.96. The van der Waals surface area contributed by atoms with Crippen LogP contribution in [-0.4, -0.2) is 19.2 Å². The second-order valence-corrected chi connectivity index (χ2v) is 9.03. The van der Waals surface area contributed by atoms with E-state index in [0.29, 0.717) is 23.0 Å². The molecule has 2 aromatic carbocycles. The van der Waals surface area contributed by atoms with Crippen molar-refractivity contribution in [2.24, 2.45) is 0 Å². The van der Waals surface area contributed by atoms with E-state index >= 15 is 0 Å². The molecule has 30 heavy (non-hydrogen) atoms. The third kappa shape index (κ3) is 2.64. The van der Waals surface area contributed by atoms with Crippen LogP contribution in [0.4, 0.5) is 0 Å². The summed E-state index contributed by atoms with van der Waals surface area (Å²) in [6.07, 6.45) is 3.22. The molecule has 6 rings (SSSR count). The second-order valence-electron chi connectivity index (χ2n) is 7.53. The Labute approximate surface area is 181 Å². The summed E-state index contributed by atoms with van der Waals surface area (Å²) in [6.45, 7) is 0.408. The number of nitrogens with zero attached hydrogens (tertiary/aromatic N) is 4. The molecule has 5 nitrogen and oxygen atoms in total. The molecule has 0 radical (unpaired) electrons. The van der Waals surface area contributed by atoms with Crippen molar-refractivity contribution in [2.45, 2.75) is 25.8 Å². The summed E-state index contributed by atoms with van der Waals surface area (Å²) < 4.78 is 3.27. The summed E-state index contributed by atoms with van der Waals surface area (Å²) in [4.78, 5) is 20.6. The molecule has 3 heterocycles. The molecule has 0 saturated heterocycles. The standard InChI is InChI=1S/C23H17ClN4OS/c24-17-11-5-4-9-15(17)13-27-22-19(16-10-6-12-18(16)30-22)21-25-20(26-28(21)23(27)29)14-7-2-1-3-8-14/h1-5,7-9,11H,6,10,12-13H2. The van der Waals surface area contributed by atoms with Crippen molar-refractivity contribution in [1.29, 1.82) is 0 Å². The molecular weight excluding hydrogens is 416 g/mol. The van der Waals surface area contributed by atoms with Gasteiger partial charge in [-0.15, -0.1) is 16.4 Å². The fraction of sp³-hybridized carbons (Fsp3) is 0.174. The summed E-state index contributed by atoms with van der Waals surface area (Å²) in [5.74, 6) is 0.572. The molecule has 3 aromatic heterocycles. The number of halogens is 1. The minimum Gasteiger partial charge on any atom is -0.278 e. The van der Waals surface area contributed by atoms with E-state index in [9.17, 15) is 4.79 Å². The Morgan fingerprint density at radius 2 is 1.83 bits per heavy atom. The van der Waals surface area contributed by atoms with Crippen molar-refractivity contribution >= 4 is 38.8 Å². The Morgan fingerprint density at radius 1 is 1.03 bits per heavy atom. The molecule has 0 unspecified atom stereocenters. The lowest BCUT2D eigenvalue weighted by Crippen LogP contribution is -2.28. The highest BCUT2D eigenvalue weighted by Gasteiger charge is 2.25. The number of hydrogen-bond donors (Lipinski definition) is 0. The van der Waals surface area contributed by atoms with Crippen LogP contribution < -0.4 is 5.69 Å². The van der Waals surface area contributed by atoms with Crippen molar-refractivity contribution < 1.29 is 0 Å². The smallest absolute Gasteiger partial charge is 0.278 e. The number of aromatic nitrogens is 4. The molecule has 0 atom stereocenters. The highest BCUT2D eigenvalue weighted by Crippen LogP contribution is 2.39. The number of fused-ring (bicyclic) bond motifs is 5. The molecule has 0 saturated carbocycles. The van der Waals surface area contributed by atoms with Crippen LogP contribution in [-0.2, 0) is 19.4 Å². The average Bonchev–Trinajstić information content (AvgIpc) is 3.47. The van der Waals surface area contributed by atoms with Crippen LogP contribution in [0.1, 0.15) is 22.4 Å². The van der Waals surface area contributed by atoms with Gasteiger partial charge in [-0.25, -0.2) is 9.78 Å². The molecule has 0 bridgehead atoms. The van der Waals surface area contributed by atoms with Crippen LogP contribution >= 0.6 is 22.9 Å². The van der Waals surface area contributed by atoms with Crippen LogP contribution in [0, 0.1) is 0 Å². The van der Waals surface area contributed by atoms with E-state index in [1.807, 2.05) is 54.6 Å². The predicted molar refractivity (Wildman–Crippen MR) is 121 cm³/mol. The normalized spacial score (nSPS) is 13.4. The Kier molecular flexibility index (Phi) is 4.04. The average molecular weight is 433 g/mol. The first kappa shape index (κ1) is 17.9. The van der Waals surface area contributed by atoms with E-state index in [-0.39, 0.29) is 5.69 Å². The molecule has 1 aliphatic carbocycles. The van der Waals surface area contributed by atoms with Gasteiger partial charge in [0.2, 0.25) is 0 Å². The first-order valence-corrected chi connectivity index (χ1v) is 11.1. The number of rotatable bonds is 3. The highest BCUT2D eigenvalue weighted by atomic mass is 35.5. The van der Waals surface area contributed by atoms with Crippen molar-refractivity contribution in [3.63, 3.8) is 0 Å². The Bertz CT molecular complexity index is 1480. The van der Waals surface area contributed by atoms with Crippen molar-refractivity contribution in [3.05, 3.63) is 86.1 Å². The van der Waals surface area contributed by atoms with Crippen LogP contribution in [0.2, 0.25) is 5.02 Å². The Balaban J connectivity index is 1.67. The second kappa shape index (κ2) is 6.79. The minimum atomic E-state index is -0.188. The lowest BCUT2D eigenvalue weighted by Gasteiger charge is -2.10. The summed E-state index contributed by atoms with van der Waals surface area (Å²) in [5.41, 5.74) is 3.60. The minimum absolute atomic E-state index is 0.188. The zero-order valence-corrected chi connectivity index (χ0v) is 17.6. The molecule has 0 N–H and O–H groups in total. The molecular formula is C23H17ClN4OS. The monoisotopic (exact) mass is 432 g/mol. The van der Waals surface area contributed by atoms with Gasteiger partial charge in [-0.2, -0.15) is 4.52 Å². The molecule has 148 valence electrons. The fourth-order valence-electron chi connectivity index (χ4n) is 4.26. The zero-order valence-electron chi connectivity index (χ0n) is 16.0. The number of benzene rings is 2. The van der Waals surface area contributed by atoms with Gasteiger partial charge in [-0.1, -0.05) is 60.1 Å². The van der Waals surface area contributed by atoms with E-state index < -0.39 is 0 Å². The van der Waals surface area contributed by atoms with Crippen LogP contribution in [0.25, 0.3) is 27.3 Å². The molecule has 0 aliphatic heterocycles. The van der Waals surface area contributed by atoms with Crippen molar-refractivity contribution in [2.75, 3.05) is 0 Å². The maximum Gasteiger partial charge on any atom is 0.352 e. The van der Waals surface area contributed by atoms with E-state index in [1.165, 1.54) is 15.0 Å². The highest BCUT2D eigenvalue weighted by molar-refractivity contribution is 7.19. The summed E-state index contributed by atoms with van der Waals surface area (Å²) in [6, 6.07) is 17.5. The number of thiophene rings is 1. The van der Waals surface area contributed by atoms with Gasteiger partial charge in [-0.3, -0.25) is 4.57 Å². The van der Waals surface area contributed by atoms with Gasteiger partial charge in [0.15, 0.2) is 11.5 Å². The number of hydrogen-bond acceptors (Lipinski definition) is 4. The summed E-state index contributed by atoms with van der Waals surface area (Å²) in [5, 5.41) is 6.33. The van der Waals surface area contributed by atoms with E-state index in [2.05, 4.69) is 5.10 Å². The summed E-state index contributed by atoms with van der Waals surface area (Å²) >= 11 is 8.12. The lowest BCUT2D eigenvalue weighted by molar-refractivity contribution is 0.720. The van der Waals surface area contributed by atoms with Crippen molar-refractivity contribution in [3.8, 4) is 11.4 Å². The maximum atomic E-state index is 13.5. The Morgan fingerprint density at radius 3 is 2.67 bits per heavy atom. The van der Waals surface area contributed by atoms with E-state index in [4.69, 9.17) is 16.6 Å². The van der Waals surface area contributed by atoms with Gasteiger partial charge in [0, 0.05) is 15.5 Å². The molecule has 5 aromatic rings. The van der Waals surface area contributed by atoms with Gasteiger partial charge in [-0.05, 0) is 36.5 Å². The first-order chi connectivity index (χ1) is 14.7. The largest absolute Gasteiger partial charge is 0.352 e.